The maximum absolute atomic E-state index is 14.0. The molecule has 2 amide bonds. The minimum Gasteiger partial charge on any atom is -0.354 e. The maximum atomic E-state index is 14.0. The largest absolute Gasteiger partial charge is 0.354 e. The number of carbonyl (C=O) groups excluding carboxylic acids is 2. The Morgan fingerprint density at radius 2 is 1.65 bits per heavy atom. The second-order valence-corrected chi connectivity index (χ2v) is 11.1. The van der Waals surface area contributed by atoms with Crippen molar-refractivity contribution in [2.45, 2.75) is 51.1 Å². The summed E-state index contributed by atoms with van der Waals surface area (Å²) in [5.74, 6) is -0.952. The van der Waals surface area contributed by atoms with Crippen LogP contribution in [0.25, 0.3) is 0 Å². The fourth-order valence-corrected chi connectivity index (χ4v) is 5.69. The van der Waals surface area contributed by atoms with E-state index in [4.69, 9.17) is 0 Å². The Labute approximate surface area is 234 Å². The summed E-state index contributed by atoms with van der Waals surface area (Å²) in [4.78, 5) is 39.3. The summed E-state index contributed by atoms with van der Waals surface area (Å²) in [6.45, 7) is 5.45. The molecule has 0 aliphatic rings. The lowest BCUT2D eigenvalue weighted by Crippen LogP contribution is -2.52. The molecule has 0 aliphatic heterocycles. The number of sulfonamides is 1. The Hall–Kier alpha value is -4.25. The van der Waals surface area contributed by atoms with E-state index in [-0.39, 0.29) is 28.7 Å². The molecule has 1 atom stereocenters. The summed E-state index contributed by atoms with van der Waals surface area (Å²) < 4.78 is 28.5. The highest BCUT2D eigenvalue weighted by Crippen LogP contribution is 2.28. The third-order valence-electron chi connectivity index (χ3n) is 6.48. The van der Waals surface area contributed by atoms with E-state index in [1.807, 2.05) is 38.1 Å². The number of aryl methyl sites for hydroxylation is 1. The van der Waals surface area contributed by atoms with Crippen molar-refractivity contribution in [3.05, 3.63) is 100 Å². The molecule has 40 heavy (non-hydrogen) atoms. The quantitative estimate of drug-likeness (QED) is 0.241. The molecule has 1 N–H and O–H groups in total. The molecular weight excluding hydrogens is 532 g/mol. The van der Waals surface area contributed by atoms with Crippen LogP contribution in [0.3, 0.4) is 0 Å². The minimum absolute atomic E-state index is 0.0364. The van der Waals surface area contributed by atoms with Crippen LogP contribution in [0.5, 0.6) is 0 Å². The third kappa shape index (κ3) is 7.23. The number of nitrogens with zero attached hydrogens (tertiary/aromatic N) is 3. The van der Waals surface area contributed by atoms with Gasteiger partial charge < -0.3 is 10.2 Å². The zero-order valence-electron chi connectivity index (χ0n) is 22.8. The predicted molar refractivity (Wildman–Crippen MR) is 153 cm³/mol. The van der Waals surface area contributed by atoms with Gasteiger partial charge in [0.25, 0.3) is 15.7 Å². The Morgan fingerprint density at radius 1 is 0.975 bits per heavy atom. The number of non-ortho nitro benzene ring substituents is 1. The first-order valence-corrected chi connectivity index (χ1v) is 14.5. The first kappa shape index (κ1) is 30.3. The van der Waals surface area contributed by atoms with Gasteiger partial charge in [-0.3, -0.25) is 24.0 Å². The normalized spacial score (nSPS) is 11.9. The van der Waals surface area contributed by atoms with Crippen LogP contribution in [0.1, 0.15) is 37.8 Å². The van der Waals surface area contributed by atoms with Gasteiger partial charge in [-0.15, -0.1) is 0 Å². The van der Waals surface area contributed by atoms with E-state index in [1.54, 1.807) is 25.1 Å². The molecule has 0 radical (unpaired) electrons. The van der Waals surface area contributed by atoms with E-state index < -0.39 is 33.4 Å². The van der Waals surface area contributed by atoms with E-state index >= 15 is 0 Å². The molecule has 11 heteroatoms. The molecule has 3 rings (SSSR count). The number of amides is 2. The zero-order chi connectivity index (χ0) is 29.3. The van der Waals surface area contributed by atoms with Crippen LogP contribution in [-0.2, 0) is 26.2 Å². The van der Waals surface area contributed by atoms with E-state index in [0.29, 0.717) is 19.4 Å². The van der Waals surface area contributed by atoms with Gasteiger partial charge >= 0.3 is 0 Å². The van der Waals surface area contributed by atoms with Gasteiger partial charge in [-0.25, -0.2) is 8.42 Å². The van der Waals surface area contributed by atoms with Crippen molar-refractivity contribution in [1.82, 2.24) is 10.2 Å². The van der Waals surface area contributed by atoms with Gasteiger partial charge in [0.1, 0.15) is 12.6 Å². The molecule has 10 nitrogen and oxygen atoms in total. The summed E-state index contributed by atoms with van der Waals surface area (Å²) in [5, 5.41) is 14.3. The highest BCUT2D eigenvalue weighted by Gasteiger charge is 2.34. The van der Waals surface area contributed by atoms with Crippen molar-refractivity contribution in [2.24, 2.45) is 0 Å². The van der Waals surface area contributed by atoms with Crippen molar-refractivity contribution >= 4 is 33.2 Å². The Morgan fingerprint density at radius 3 is 2.27 bits per heavy atom. The highest BCUT2D eigenvalue weighted by atomic mass is 32.2. The van der Waals surface area contributed by atoms with Gasteiger partial charge in [0, 0.05) is 25.2 Å². The number of nitro groups is 1. The summed E-state index contributed by atoms with van der Waals surface area (Å²) in [6, 6.07) is 19.3. The number of nitro benzene ring substituents is 1. The molecule has 212 valence electrons. The van der Waals surface area contributed by atoms with Crippen LogP contribution in [0.2, 0.25) is 0 Å². The monoisotopic (exact) mass is 566 g/mol. The van der Waals surface area contributed by atoms with Crippen molar-refractivity contribution in [3.8, 4) is 0 Å². The van der Waals surface area contributed by atoms with Gasteiger partial charge in [-0.05, 0) is 49.1 Å². The maximum Gasteiger partial charge on any atom is 0.271 e. The van der Waals surface area contributed by atoms with Crippen LogP contribution >= 0.6 is 0 Å². The average Bonchev–Trinajstić information content (AvgIpc) is 2.95. The molecule has 3 aromatic carbocycles. The average molecular weight is 567 g/mol. The van der Waals surface area contributed by atoms with Crippen molar-refractivity contribution < 1.29 is 22.9 Å². The lowest BCUT2D eigenvalue weighted by molar-refractivity contribution is -0.384. The smallest absolute Gasteiger partial charge is 0.271 e. The number of nitrogens with one attached hydrogen (secondary N) is 1. The van der Waals surface area contributed by atoms with Gasteiger partial charge in [-0.1, -0.05) is 62.4 Å². The molecule has 0 spiro atoms. The van der Waals surface area contributed by atoms with Crippen LogP contribution < -0.4 is 9.62 Å². The van der Waals surface area contributed by atoms with Gasteiger partial charge in [0.05, 0.1) is 15.5 Å². The van der Waals surface area contributed by atoms with Gasteiger partial charge in [-0.2, -0.15) is 0 Å². The van der Waals surface area contributed by atoms with Crippen LogP contribution in [0, 0.1) is 17.0 Å². The number of rotatable bonds is 13. The Bertz CT molecular complexity index is 1450. The Balaban J connectivity index is 2.09. The van der Waals surface area contributed by atoms with Gasteiger partial charge in [0.2, 0.25) is 11.8 Å². The zero-order valence-corrected chi connectivity index (χ0v) is 23.6. The van der Waals surface area contributed by atoms with Gasteiger partial charge in [0.15, 0.2) is 0 Å². The first-order valence-electron chi connectivity index (χ1n) is 13.0. The number of carbonyl (C=O) groups is 2. The fourth-order valence-electron chi connectivity index (χ4n) is 4.27. The number of benzene rings is 3. The first-order chi connectivity index (χ1) is 19.1. The second-order valence-electron chi connectivity index (χ2n) is 9.26. The topological polar surface area (TPSA) is 130 Å². The van der Waals surface area contributed by atoms with E-state index in [2.05, 4.69) is 5.32 Å². The van der Waals surface area contributed by atoms with Crippen molar-refractivity contribution in [2.75, 3.05) is 17.4 Å². The number of hydrogen-bond donors (Lipinski definition) is 1. The van der Waals surface area contributed by atoms with Crippen LogP contribution in [0.15, 0.2) is 83.8 Å². The highest BCUT2D eigenvalue weighted by molar-refractivity contribution is 7.92. The SMILES string of the molecule is CCCNC(=O)[C@@H](CC)N(Cc1ccccc1C)C(=O)CN(c1cccc([N+](=O)[O-])c1)S(=O)(=O)c1ccccc1. The fraction of sp³-hybridized carbons (Fsp3) is 0.310. The van der Waals surface area contributed by atoms with Crippen molar-refractivity contribution in [1.29, 1.82) is 0 Å². The molecular formula is C29H34N4O6S. The molecule has 3 aromatic rings. The molecule has 0 fully saturated rings. The number of hydrogen-bond acceptors (Lipinski definition) is 6. The molecule has 0 bridgehead atoms. The third-order valence-corrected chi connectivity index (χ3v) is 8.26. The van der Waals surface area contributed by atoms with E-state index in [9.17, 15) is 28.1 Å². The molecule has 0 aliphatic carbocycles. The summed E-state index contributed by atoms with van der Waals surface area (Å²) in [6.07, 6.45) is 1.01. The summed E-state index contributed by atoms with van der Waals surface area (Å²) >= 11 is 0. The summed E-state index contributed by atoms with van der Waals surface area (Å²) in [7, 11) is -4.31. The molecule has 0 unspecified atom stereocenters. The van der Waals surface area contributed by atoms with Crippen LogP contribution in [-0.4, -0.2) is 49.2 Å². The standard InChI is InChI=1S/C29H34N4O6S/c1-4-18-30-29(35)27(5-2)31(20-23-13-10-9-12-22(23)3)28(34)21-32(24-14-11-15-25(19-24)33(36)37)40(38,39)26-16-7-6-8-17-26/h6-17,19,27H,4-5,18,20-21H2,1-3H3,(H,30,35)/t27-/m1/s1. The number of anilines is 1. The predicted octanol–water partition coefficient (Wildman–Crippen LogP) is 4.43. The Kier molecular flexibility index (Phi) is 10.4. The van der Waals surface area contributed by atoms with Crippen LogP contribution in [0.4, 0.5) is 11.4 Å². The van der Waals surface area contributed by atoms with E-state index in [0.717, 1.165) is 21.5 Å². The summed E-state index contributed by atoms with van der Waals surface area (Å²) in [5.41, 5.74) is 1.37. The molecule has 0 saturated carbocycles. The second kappa shape index (κ2) is 13.7. The lowest BCUT2D eigenvalue weighted by atomic mass is 10.1. The van der Waals surface area contributed by atoms with E-state index in [1.165, 1.54) is 35.2 Å². The molecule has 0 aromatic heterocycles. The molecule has 0 heterocycles. The molecule has 0 saturated heterocycles. The lowest BCUT2D eigenvalue weighted by Gasteiger charge is -2.33. The minimum atomic E-state index is -4.31. The van der Waals surface area contributed by atoms with Crippen molar-refractivity contribution in [3.63, 3.8) is 0 Å².